The number of nitrogens with zero attached hydrogens (tertiary/aromatic N) is 2. The number of thioether (sulfide) groups is 1. The Balaban J connectivity index is 1.58. The maximum Gasteiger partial charge on any atom is 0.244 e. The van der Waals surface area contributed by atoms with Crippen LogP contribution in [-0.2, 0) is 21.1 Å². The summed E-state index contributed by atoms with van der Waals surface area (Å²) in [5, 5.41) is 3.63. The maximum absolute atomic E-state index is 12.9. The molecule has 31 heavy (non-hydrogen) atoms. The number of amidine groups is 1. The molecule has 2 atom stereocenters. The third-order valence-corrected chi connectivity index (χ3v) is 9.01. The molecule has 8 heteroatoms. The van der Waals surface area contributed by atoms with Gasteiger partial charge in [0, 0.05) is 16.6 Å². The molecule has 0 saturated carbocycles. The van der Waals surface area contributed by atoms with Crippen LogP contribution in [-0.4, -0.2) is 48.8 Å². The van der Waals surface area contributed by atoms with Crippen LogP contribution in [0.3, 0.4) is 0 Å². The molecule has 2 heterocycles. The van der Waals surface area contributed by atoms with Crippen molar-refractivity contribution in [1.29, 1.82) is 0 Å². The van der Waals surface area contributed by atoms with Crippen LogP contribution in [0.5, 0.6) is 0 Å². The number of fused-ring (bicyclic) bond motifs is 1. The number of carbonyl (C=O) groups excluding carboxylic acids is 1. The molecule has 0 aromatic heterocycles. The monoisotopic (exact) mass is 457 g/mol. The highest BCUT2D eigenvalue weighted by atomic mass is 32.2. The van der Waals surface area contributed by atoms with Crippen LogP contribution in [0.4, 0.5) is 11.4 Å². The second kappa shape index (κ2) is 8.67. The first-order valence-corrected chi connectivity index (χ1v) is 13.1. The number of aryl methyl sites for hydroxylation is 3. The number of anilines is 2. The lowest BCUT2D eigenvalue weighted by atomic mass is 10.1. The van der Waals surface area contributed by atoms with E-state index in [9.17, 15) is 13.2 Å². The van der Waals surface area contributed by atoms with Crippen molar-refractivity contribution < 1.29 is 13.2 Å². The SMILES string of the molecule is CCc1cccc(NC(=O)CN(C2=N[C@@H]3CS(=O)(=O)C[C@@H]3S2)c2ccc(C)c(C)c2)c1. The van der Waals surface area contributed by atoms with E-state index in [1.807, 2.05) is 61.2 Å². The Morgan fingerprint density at radius 3 is 2.68 bits per heavy atom. The van der Waals surface area contributed by atoms with Crippen molar-refractivity contribution in [2.75, 3.05) is 28.3 Å². The molecule has 1 amide bonds. The Kier molecular flexibility index (Phi) is 6.12. The Hall–Kier alpha value is -2.32. The van der Waals surface area contributed by atoms with Gasteiger partial charge in [-0.05, 0) is 61.2 Å². The molecule has 0 unspecified atom stereocenters. The van der Waals surface area contributed by atoms with Crippen LogP contribution in [0.25, 0.3) is 0 Å². The fraction of sp³-hybridized carbons (Fsp3) is 0.391. The molecule has 2 aliphatic rings. The summed E-state index contributed by atoms with van der Waals surface area (Å²) in [4.78, 5) is 19.6. The van der Waals surface area contributed by atoms with E-state index >= 15 is 0 Å². The molecule has 1 fully saturated rings. The van der Waals surface area contributed by atoms with Crippen LogP contribution in [0.2, 0.25) is 0 Å². The van der Waals surface area contributed by atoms with Gasteiger partial charge in [-0.25, -0.2) is 8.42 Å². The fourth-order valence-corrected chi connectivity index (χ4v) is 7.63. The number of hydrogen-bond acceptors (Lipinski definition) is 6. The van der Waals surface area contributed by atoms with Crippen molar-refractivity contribution in [1.82, 2.24) is 0 Å². The van der Waals surface area contributed by atoms with E-state index < -0.39 is 9.84 Å². The molecule has 2 aromatic rings. The van der Waals surface area contributed by atoms with Crippen molar-refractivity contribution in [2.45, 2.75) is 38.5 Å². The van der Waals surface area contributed by atoms with Crippen molar-refractivity contribution in [2.24, 2.45) is 4.99 Å². The van der Waals surface area contributed by atoms with E-state index in [2.05, 4.69) is 12.2 Å². The van der Waals surface area contributed by atoms with Gasteiger partial charge in [0.05, 0.1) is 17.5 Å². The minimum Gasteiger partial charge on any atom is -0.325 e. The van der Waals surface area contributed by atoms with Gasteiger partial charge in [0.2, 0.25) is 5.91 Å². The predicted molar refractivity (Wildman–Crippen MR) is 129 cm³/mol. The lowest BCUT2D eigenvalue weighted by Crippen LogP contribution is -2.36. The number of nitrogens with one attached hydrogen (secondary N) is 1. The second-order valence-electron chi connectivity index (χ2n) is 8.17. The number of rotatable bonds is 5. The smallest absolute Gasteiger partial charge is 0.244 e. The molecule has 2 aromatic carbocycles. The van der Waals surface area contributed by atoms with E-state index in [0.29, 0.717) is 5.17 Å². The molecular weight excluding hydrogens is 430 g/mol. The van der Waals surface area contributed by atoms with Gasteiger partial charge in [0.15, 0.2) is 15.0 Å². The van der Waals surface area contributed by atoms with Crippen LogP contribution in [0, 0.1) is 13.8 Å². The minimum absolute atomic E-state index is 0.0710. The van der Waals surface area contributed by atoms with Crippen molar-refractivity contribution >= 4 is 44.0 Å². The van der Waals surface area contributed by atoms with Crippen LogP contribution in [0.15, 0.2) is 47.5 Å². The Morgan fingerprint density at radius 1 is 1.16 bits per heavy atom. The van der Waals surface area contributed by atoms with Crippen LogP contribution >= 0.6 is 11.8 Å². The van der Waals surface area contributed by atoms with Crippen LogP contribution in [0.1, 0.15) is 23.6 Å². The van der Waals surface area contributed by atoms with Crippen molar-refractivity contribution in [3.8, 4) is 0 Å². The highest BCUT2D eigenvalue weighted by Crippen LogP contribution is 2.37. The minimum atomic E-state index is -3.03. The van der Waals surface area contributed by atoms with Gasteiger partial charge in [-0.15, -0.1) is 0 Å². The highest BCUT2D eigenvalue weighted by molar-refractivity contribution is 8.15. The molecule has 0 radical (unpaired) electrons. The standard InChI is InChI=1S/C23H27N3O3S2/c1-4-17-6-5-7-18(11-17)24-22(27)12-26(19-9-8-15(2)16(3)10-19)23-25-20-13-31(28,29)14-21(20)30-23/h5-11,20-21H,4,12-14H2,1-3H3,(H,24,27)/t20-,21+/m1/s1. The lowest BCUT2D eigenvalue weighted by Gasteiger charge is -2.25. The maximum atomic E-state index is 12.9. The first kappa shape index (κ1) is 21.9. The quantitative estimate of drug-likeness (QED) is 0.743. The highest BCUT2D eigenvalue weighted by Gasteiger charge is 2.44. The summed E-state index contributed by atoms with van der Waals surface area (Å²) in [6.45, 7) is 6.28. The largest absolute Gasteiger partial charge is 0.325 e. The second-order valence-corrected chi connectivity index (χ2v) is 11.5. The third kappa shape index (κ3) is 4.96. The molecule has 0 aliphatic carbocycles. The molecule has 0 bridgehead atoms. The molecule has 6 nitrogen and oxygen atoms in total. The van der Waals surface area contributed by atoms with Gasteiger partial charge in [0.1, 0.15) is 6.54 Å². The van der Waals surface area contributed by atoms with E-state index in [0.717, 1.165) is 28.9 Å². The molecule has 1 N–H and O–H groups in total. The Morgan fingerprint density at radius 2 is 1.97 bits per heavy atom. The molecule has 2 aliphatic heterocycles. The average molecular weight is 458 g/mol. The van der Waals surface area contributed by atoms with E-state index in [-0.39, 0.29) is 35.2 Å². The van der Waals surface area contributed by atoms with E-state index in [1.165, 1.54) is 17.3 Å². The van der Waals surface area contributed by atoms with E-state index in [4.69, 9.17) is 4.99 Å². The molecular formula is C23H27N3O3S2. The van der Waals surface area contributed by atoms with Crippen molar-refractivity contribution in [3.63, 3.8) is 0 Å². The molecule has 0 spiro atoms. The number of hydrogen-bond donors (Lipinski definition) is 1. The summed E-state index contributed by atoms with van der Waals surface area (Å²) in [7, 11) is -3.03. The number of aliphatic imine (C=N–C) groups is 1. The van der Waals surface area contributed by atoms with Crippen molar-refractivity contribution in [3.05, 3.63) is 59.2 Å². The molecule has 4 rings (SSSR count). The molecule has 164 valence electrons. The van der Waals surface area contributed by atoms with E-state index in [1.54, 1.807) is 0 Å². The zero-order valence-corrected chi connectivity index (χ0v) is 19.6. The summed E-state index contributed by atoms with van der Waals surface area (Å²) in [6, 6.07) is 13.7. The van der Waals surface area contributed by atoms with Gasteiger partial charge >= 0.3 is 0 Å². The Labute approximate surface area is 188 Å². The molecule has 1 saturated heterocycles. The zero-order valence-electron chi connectivity index (χ0n) is 18.0. The van der Waals surface area contributed by atoms with Gasteiger partial charge in [-0.1, -0.05) is 36.9 Å². The zero-order chi connectivity index (χ0) is 22.2. The van der Waals surface area contributed by atoms with Gasteiger partial charge < -0.3 is 10.2 Å². The number of benzene rings is 2. The fourth-order valence-electron chi connectivity index (χ4n) is 3.85. The first-order valence-electron chi connectivity index (χ1n) is 10.4. The third-order valence-electron chi connectivity index (χ3n) is 5.76. The summed E-state index contributed by atoms with van der Waals surface area (Å²) < 4.78 is 23.9. The topological polar surface area (TPSA) is 78.8 Å². The summed E-state index contributed by atoms with van der Waals surface area (Å²) in [6.07, 6.45) is 0.900. The predicted octanol–water partition coefficient (Wildman–Crippen LogP) is 3.58. The summed E-state index contributed by atoms with van der Waals surface area (Å²) in [5.41, 5.74) is 5.12. The van der Waals surface area contributed by atoms with Gasteiger partial charge in [0.25, 0.3) is 0 Å². The summed E-state index contributed by atoms with van der Waals surface area (Å²) >= 11 is 1.47. The summed E-state index contributed by atoms with van der Waals surface area (Å²) in [5.74, 6) is 0.0938. The number of amides is 1. The first-order chi connectivity index (χ1) is 14.7. The normalized spacial score (nSPS) is 21.5. The lowest BCUT2D eigenvalue weighted by molar-refractivity contribution is -0.114. The number of carbonyl (C=O) groups is 1. The van der Waals surface area contributed by atoms with Gasteiger partial charge in [-0.3, -0.25) is 9.79 Å². The average Bonchev–Trinajstić information content (AvgIpc) is 3.22. The number of sulfone groups is 1. The Bertz CT molecular complexity index is 1140. The van der Waals surface area contributed by atoms with Crippen LogP contribution < -0.4 is 10.2 Å². The van der Waals surface area contributed by atoms with Gasteiger partial charge in [-0.2, -0.15) is 0 Å².